The molecule has 0 radical (unpaired) electrons. The first kappa shape index (κ1) is 23.0. The lowest BCUT2D eigenvalue weighted by molar-refractivity contribution is 0.0525. The van der Waals surface area contributed by atoms with Crippen LogP contribution in [0.5, 0.6) is 0 Å². The van der Waals surface area contributed by atoms with Crippen molar-refractivity contribution in [1.29, 1.82) is 0 Å². The van der Waals surface area contributed by atoms with Crippen LogP contribution < -0.4 is 5.32 Å². The summed E-state index contributed by atoms with van der Waals surface area (Å²) in [7, 11) is 0. The van der Waals surface area contributed by atoms with Crippen molar-refractivity contribution in [3.05, 3.63) is 35.9 Å². The summed E-state index contributed by atoms with van der Waals surface area (Å²) in [6, 6.07) is 10.2. The minimum absolute atomic E-state index is 0.263. The Bertz CT molecular complexity index is 719. The molecule has 0 spiro atoms. The molecule has 1 saturated heterocycles. The smallest absolute Gasteiger partial charge is 0.407 e. The number of fused-ring (bicyclic) bond motifs is 1. The number of hydrogen-bond donors (Lipinski definition) is 2. The van der Waals surface area contributed by atoms with E-state index < -0.39 is 11.7 Å². The molecular formula is C24H36N2O3S. The van der Waals surface area contributed by atoms with E-state index in [4.69, 9.17) is 17.0 Å². The first-order valence-corrected chi connectivity index (χ1v) is 11.7. The average molecular weight is 433 g/mol. The summed E-state index contributed by atoms with van der Waals surface area (Å²) in [5.41, 5.74) is 0.476. The summed E-state index contributed by atoms with van der Waals surface area (Å²) in [5.74, 6) is 0.990. The van der Waals surface area contributed by atoms with Gasteiger partial charge in [0.25, 0.3) is 0 Å². The van der Waals surface area contributed by atoms with E-state index in [0.717, 1.165) is 29.9 Å². The van der Waals surface area contributed by atoms with E-state index in [1.54, 1.807) is 0 Å². The highest BCUT2D eigenvalue weighted by Gasteiger charge is 2.46. The molecule has 0 aromatic heterocycles. The highest BCUT2D eigenvalue weighted by atomic mass is 32.1. The molecule has 5 nitrogen and oxygen atoms in total. The van der Waals surface area contributed by atoms with E-state index >= 15 is 0 Å². The standard InChI is InChI=1S/C24H36N2O3S/c1-24(2,3)29-23(28)25-14-9-15-26-20(16-21(27)17-10-5-4-6-11-17)18-12-7-8-13-19(18)22(26)30/h4-6,10-11,18-21,27H,7-9,12-16H2,1-3H3,(H,25,28)/t18-,19+,20-,21+/m1/s1. The number of aliphatic hydroxyl groups is 1. The molecule has 166 valence electrons. The Hall–Kier alpha value is -1.66. The Morgan fingerprint density at radius 3 is 2.67 bits per heavy atom. The molecule has 2 fully saturated rings. The van der Waals surface area contributed by atoms with Crippen LogP contribution in [0.4, 0.5) is 4.79 Å². The predicted octanol–water partition coefficient (Wildman–Crippen LogP) is 4.84. The Morgan fingerprint density at radius 2 is 1.97 bits per heavy atom. The van der Waals surface area contributed by atoms with Gasteiger partial charge < -0.3 is 20.1 Å². The second kappa shape index (κ2) is 10.1. The van der Waals surface area contributed by atoms with E-state index in [9.17, 15) is 9.90 Å². The summed E-state index contributed by atoms with van der Waals surface area (Å²) >= 11 is 5.89. The molecule has 30 heavy (non-hydrogen) atoms. The molecule has 1 saturated carbocycles. The second-order valence-corrected chi connectivity index (χ2v) is 10.0. The minimum Gasteiger partial charge on any atom is -0.444 e. The van der Waals surface area contributed by atoms with Crippen LogP contribution in [0.15, 0.2) is 30.3 Å². The topological polar surface area (TPSA) is 61.8 Å². The zero-order valence-electron chi connectivity index (χ0n) is 18.5. The lowest BCUT2D eigenvalue weighted by Gasteiger charge is -2.32. The van der Waals surface area contributed by atoms with Crippen molar-refractivity contribution in [2.45, 2.75) is 77.0 Å². The summed E-state index contributed by atoms with van der Waals surface area (Å²) in [4.78, 5) is 15.3. The van der Waals surface area contributed by atoms with Gasteiger partial charge in [0, 0.05) is 25.0 Å². The second-order valence-electron chi connectivity index (χ2n) is 9.60. The maximum Gasteiger partial charge on any atom is 0.407 e. The van der Waals surface area contributed by atoms with Gasteiger partial charge in [0.1, 0.15) is 5.60 Å². The number of nitrogens with zero attached hydrogens (tertiary/aromatic N) is 1. The maximum atomic E-state index is 11.9. The number of aliphatic hydroxyl groups excluding tert-OH is 1. The van der Waals surface area contributed by atoms with Crippen molar-refractivity contribution in [2.75, 3.05) is 13.1 Å². The molecular weight excluding hydrogens is 396 g/mol. The Morgan fingerprint density at radius 1 is 1.27 bits per heavy atom. The third-order valence-electron chi connectivity index (χ3n) is 6.21. The van der Waals surface area contributed by atoms with Gasteiger partial charge >= 0.3 is 6.09 Å². The first-order chi connectivity index (χ1) is 14.3. The van der Waals surface area contributed by atoms with Gasteiger partial charge in [-0.2, -0.15) is 0 Å². The van der Waals surface area contributed by atoms with Gasteiger partial charge in [0.05, 0.1) is 11.1 Å². The molecule has 1 aromatic carbocycles. The number of rotatable bonds is 7. The number of thiocarbonyl (C=S) groups is 1. The Balaban J connectivity index is 1.60. The highest BCUT2D eigenvalue weighted by molar-refractivity contribution is 7.80. The van der Waals surface area contributed by atoms with E-state index in [1.165, 1.54) is 19.3 Å². The molecule has 1 aliphatic heterocycles. The predicted molar refractivity (Wildman–Crippen MR) is 123 cm³/mol. The number of hydrogen-bond acceptors (Lipinski definition) is 4. The third kappa shape index (κ3) is 5.94. The van der Waals surface area contributed by atoms with Gasteiger partial charge in [-0.05, 0) is 57.9 Å². The van der Waals surface area contributed by atoms with E-state index in [1.807, 2.05) is 51.1 Å². The first-order valence-electron chi connectivity index (χ1n) is 11.3. The van der Waals surface area contributed by atoms with E-state index in [2.05, 4.69) is 10.2 Å². The maximum absolute atomic E-state index is 11.9. The monoisotopic (exact) mass is 432 g/mol. The highest BCUT2D eigenvalue weighted by Crippen LogP contribution is 2.44. The normalized spacial score (nSPS) is 25.0. The van der Waals surface area contributed by atoms with Gasteiger partial charge in [-0.25, -0.2) is 4.79 Å². The number of carbonyl (C=O) groups is 1. The number of likely N-dealkylation sites (tertiary alicyclic amines) is 1. The number of nitrogens with one attached hydrogen (secondary N) is 1. The minimum atomic E-state index is -0.491. The molecule has 1 heterocycles. The molecule has 2 aliphatic rings. The molecule has 4 atom stereocenters. The van der Waals surface area contributed by atoms with Crippen LogP contribution in [-0.2, 0) is 4.74 Å². The van der Waals surface area contributed by atoms with Crippen LogP contribution in [0.2, 0.25) is 0 Å². The van der Waals surface area contributed by atoms with Crippen LogP contribution in [-0.4, -0.2) is 45.8 Å². The molecule has 6 heteroatoms. The average Bonchev–Trinajstić information content (AvgIpc) is 2.96. The van der Waals surface area contributed by atoms with Crippen molar-refractivity contribution < 1.29 is 14.6 Å². The van der Waals surface area contributed by atoms with E-state index in [-0.39, 0.29) is 12.1 Å². The van der Waals surface area contributed by atoms with Crippen LogP contribution in [0, 0.1) is 11.8 Å². The van der Waals surface area contributed by atoms with Gasteiger partial charge in [0.2, 0.25) is 0 Å². The largest absolute Gasteiger partial charge is 0.444 e. The quantitative estimate of drug-likeness (QED) is 0.477. The SMILES string of the molecule is CC(C)(C)OC(=O)NCCCN1C(=S)[C@H]2CCCC[C@H]2[C@H]1C[C@H](O)c1ccccc1. The third-order valence-corrected chi connectivity index (χ3v) is 6.74. The Kier molecular flexibility index (Phi) is 7.75. The number of alkyl carbamates (subject to hydrolysis) is 1. The molecule has 2 N–H and O–H groups in total. The molecule has 0 bridgehead atoms. The van der Waals surface area contributed by atoms with Crippen LogP contribution in [0.25, 0.3) is 0 Å². The van der Waals surface area contributed by atoms with Gasteiger partial charge in [-0.3, -0.25) is 0 Å². The number of amides is 1. The lowest BCUT2D eigenvalue weighted by Crippen LogP contribution is -2.39. The summed E-state index contributed by atoms with van der Waals surface area (Å²) < 4.78 is 5.31. The van der Waals surface area contributed by atoms with Gasteiger partial charge in [-0.1, -0.05) is 55.4 Å². The molecule has 0 unspecified atom stereocenters. The molecule has 1 amide bonds. The van der Waals surface area contributed by atoms with Crippen LogP contribution in [0.1, 0.15) is 71.0 Å². The van der Waals surface area contributed by atoms with Crippen LogP contribution in [0.3, 0.4) is 0 Å². The fourth-order valence-electron chi connectivity index (χ4n) is 4.91. The fourth-order valence-corrected chi connectivity index (χ4v) is 5.43. The van der Waals surface area contributed by atoms with Crippen molar-refractivity contribution in [3.8, 4) is 0 Å². The molecule has 1 aromatic rings. The van der Waals surface area contributed by atoms with Crippen molar-refractivity contribution in [1.82, 2.24) is 10.2 Å². The van der Waals surface area contributed by atoms with Crippen molar-refractivity contribution >= 4 is 23.3 Å². The van der Waals surface area contributed by atoms with E-state index in [0.29, 0.717) is 24.8 Å². The summed E-state index contributed by atoms with van der Waals surface area (Å²) in [6.45, 7) is 6.93. The molecule has 1 aliphatic carbocycles. The van der Waals surface area contributed by atoms with Crippen molar-refractivity contribution in [2.24, 2.45) is 11.8 Å². The number of benzene rings is 1. The molecule has 3 rings (SSSR count). The van der Waals surface area contributed by atoms with Crippen molar-refractivity contribution in [3.63, 3.8) is 0 Å². The zero-order chi connectivity index (χ0) is 21.7. The summed E-state index contributed by atoms with van der Waals surface area (Å²) in [6.07, 6.45) is 5.47. The number of carbonyl (C=O) groups excluding carboxylic acids is 1. The van der Waals surface area contributed by atoms with Crippen LogP contribution >= 0.6 is 12.2 Å². The Labute approximate surface area is 186 Å². The summed E-state index contributed by atoms with van der Waals surface area (Å²) in [5, 5.41) is 13.7. The van der Waals surface area contributed by atoms with Gasteiger partial charge in [0.15, 0.2) is 0 Å². The number of ether oxygens (including phenoxy) is 1. The zero-order valence-corrected chi connectivity index (χ0v) is 19.3. The lowest BCUT2D eigenvalue weighted by atomic mass is 9.77. The fraction of sp³-hybridized carbons (Fsp3) is 0.667. The van der Waals surface area contributed by atoms with Gasteiger partial charge in [-0.15, -0.1) is 0 Å².